The number of hydrogen-bond donors (Lipinski definition) is 2. The van der Waals surface area contributed by atoms with Crippen molar-refractivity contribution in [3.63, 3.8) is 0 Å². The third kappa shape index (κ3) is 3.82. The SMILES string of the molecule is CC(Sc1nc(-c2ccccc2)cn1N)c1nc(N)nc(N(C)C)n1. The number of nitrogens with two attached hydrogens (primary N) is 2. The molecule has 4 N–H and O–H groups in total. The van der Waals surface area contributed by atoms with Gasteiger partial charge in [0.25, 0.3) is 0 Å². The maximum absolute atomic E-state index is 6.06. The van der Waals surface area contributed by atoms with E-state index < -0.39 is 0 Å². The molecule has 0 saturated carbocycles. The first-order chi connectivity index (χ1) is 11.9. The number of nitrogens with zero attached hydrogens (tertiary/aromatic N) is 6. The molecule has 0 aliphatic carbocycles. The predicted molar refractivity (Wildman–Crippen MR) is 101 cm³/mol. The van der Waals surface area contributed by atoms with Crippen molar-refractivity contribution in [3.05, 3.63) is 42.4 Å². The molecule has 0 amide bonds. The molecule has 0 spiro atoms. The standard InChI is InChI=1S/C16H20N8S/c1-10(13-20-14(17)22-15(21-13)23(2)3)25-16-19-12(9-24(16)18)11-7-5-4-6-8-11/h4-10H,18H2,1-3H3,(H2,17,20,21,22). The first kappa shape index (κ1) is 17.0. The van der Waals surface area contributed by atoms with Crippen LogP contribution in [0.3, 0.4) is 0 Å². The fourth-order valence-corrected chi connectivity index (χ4v) is 3.05. The summed E-state index contributed by atoms with van der Waals surface area (Å²) < 4.78 is 1.51. The van der Waals surface area contributed by atoms with E-state index in [9.17, 15) is 0 Å². The van der Waals surface area contributed by atoms with Gasteiger partial charge < -0.3 is 16.5 Å². The molecular formula is C16H20N8S. The van der Waals surface area contributed by atoms with Crippen LogP contribution < -0.4 is 16.5 Å². The second-order valence-corrected chi connectivity index (χ2v) is 7.00. The van der Waals surface area contributed by atoms with Crippen molar-refractivity contribution in [1.29, 1.82) is 0 Å². The van der Waals surface area contributed by atoms with Crippen molar-refractivity contribution in [1.82, 2.24) is 24.6 Å². The highest BCUT2D eigenvalue weighted by molar-refractivity contribution is 7.99. The average molecular weight is 356 g/mol. The summed E-state index contributed by atoms with van der Waals surface area (Å²) in [5, 5.41) is 0.592. The van der Waals surface area contributed by atoms with Crippen LogP contribution in [0.1, 0.15) is 18.0 Å². The molecule has 8 nitrogen and oxygen atoms in total. The number of aromatic nitrogens is 5. The molecule has 0 radical (unpaired) electrons. The summed E-state index contributed by atoms with van der Waals surface area (Å²) >= 11 is 1.47. The van der Waals surface area contributed by atoms with Gasteiger partial charge in [0.2, 0.25) is 11.9 Å². The van der Waals surface area contributed by atoms with E-state index in [2.05, 4.69) is 19.9 Å². The lowest BCUT2D eigenvalue weighted by Crippen LogP contribution is -2.16. The summed E-state index contributed by atoms with van der Waals surface area (Å²) in [5.41, 5.74) is 7.63. The van der Waals surface area contributed by atoms with Gasteiger partial charge in [-0.05, 0) is 6.92 Å². The summed E-state index contributed by atoms with van der Waals surface area (Å²) in [7, 11) is 3.71. The van der Waals surface area contributed by atoms with Crippen molar-refractivity contribution in [2.24, 2.45) is 0 Å². The molecule has 1 aromatic carbocycles. The molecule has 1 atom stereocenters. The first-order valence-corrected chi connectivity index (χ1v) is 8.57. The Hall–Kier alpha value is -2.81. The Morgan fingerprint density at radius 1 is 1.08 bits per heavy atom. The van der Waals surface area contributed by atoms with E-state index in [1.807, 2.05) is 51.4 Å². The number of thioether (sulfide) groups is 1. The number of benzene rings is 1. The smallest absolute Gasteiger partial charge is 0.229 e. The molecule has 0 bridgehead atoms. The van der Waals surface area contributed by atoms with Crippen LogP contribution in [-0.4, -0.2) is 38.7 Å². The van der Waals surface area contributed by atoms with Gasteiger partial charge in [-0.2, -0.15) is 15.0 Å². The van der Waals surface area contributed by atoms with E-state index >= 15 is 0 Å². The number of nitrogen functional groups attached to an aromatic ring is 2. The van der Waals surface area contributed by atoms with Gasteiger partial charge in [0.1, 0.15) is 5.82 Å². The molecule has 9 heteroatoms. The lowest BCUT2D eigenvalue weighted by atomic mass is 10.2. The van der Waals surface area contributed by atoms with E-state index in [-0.39, 0.29) is 11.2 Å². The van der Waals surface area contributed by atoms with Crippen LogP contribution in [0.5, 0.6) is 0 Å². The second kappa shape index (κ2) is 6.98. The topological polar surface area (TPSA) is 112 Å². The van der Waals surface area contributed by atoms with Gasteiger partial charge in [0.15, 0.2) is 5.16 Å². The maximum Gasteiger partial charge on any atom is 0.229 e. The highest BCUT2D eigenvalue weighted by atomic mass is 32.2. The molecule has 1 unspecified atom stereocenters. The lowest BCUT2D eigenvalue weighted by molar-refractivity contribution is 0.828. The zero-order chi connectivity index (χ0) is 18.0. The minimum Gasteiger partial charge on any atom is -0.368 e. The summed E-state index contributed by atoms with van der Waals surface area (Å²) in [6, 6.07) is 9.90. The first-order valence-electron chi connectivity index (χ1n) is 7.69. The van der Waals surface area contributed by atoms with Gasteiger partial charge in [0.05, 0.1) is 17.1 Å². The molecule has 25 heavy (non-hydrogen) atoms. The van der Waals surface area contributed by atoms with E-state index in [1.165, 1.54) is 16.4 Å². The minimum absolute atomic E-state index is 0.0858. The average Bonchev–Trinajstić information content (AvgIpc) is 2.96. The van der Waals surface area contributed by atoms with E-state index in [4.69, 9.17) is 11.6 Å². The van der Waals surface area contributed by atoms with E-state index in [1.54, 1.807) is 11.1 Å². The van der Waals surface area contributed by atoms with Gasteiger partial charge in [-0.3, -0.25) is 0 Å². The van der Waals surface area contributed by atoms with Crippen LogP contribution in [0.25, 0.3) is 11.3 Å². The Balaban J connectivity index is 1.84. The normalized spacial score (nSPS) is 12.1. The number of rotatable bonds is 5. The van der Waals surface area contributed by atoms with Gasteiger partial charge >= 0.3 is 0 Å². The van der Waals surface area contributed by atoms with E-state index in [0.29, 0.717) is 16.9 Å². The Bertz CT molecular complexity index is 862. The lowest BCUT2D eigenvalue weighted by Gasteiger charge is -2.14. The Morgan fingerprint density at radius 3 is 2.48 bits per heavy atom. The maximum atomic E-state index is 6.06. The van der Waals surface area contributed by atoms with E-state index in [0.717, 1.165) is 11.3 Å². The summed E-state index contributed by atoms with van der Waals surface area (Å²) in [4.78, 5) is 19.2. The summed E-state index contributed by atoms with van der Waals surface area (Å²) in [6.45, 7) is 1.98. The molecular weight excluding hydrogens is 336 g/mol. The number of hydrogen-bond acceptors (Lipinski definition) is 8. The van der Waals surface area contributed by atoms with Crippen molar-refractivity contribution >= 4 is 23.7 Å². The molecule has 3 rings (SSSR count). The van der Waals surface area contributed by atoms with Crippen molar-refractivity contribution in [2.75, 3.05) is 30.6 Å². The zero-order valence-electron chi connectivity index (χ0n) is 14.3. The van der Waals surface area contributed by atoms with Crippen LogP contribution in [0.2, 0.25) is 0 Å². The molecule has 3 aromatic rings. The molecule has 130 valence electrons. The van der Waals surface area contributed by atoms with Crippen LogP contribution >= 0.6 is 11.8 Å². The molecule has 0 saturated heterocycles. The second-order valence-electron chi connectivity index (χ2n) is 5.69. The van der Waals surface area contributed by atoms with Crippen LogP contribution in [0.4, 0.5) is 11.9 Å². The summed E-state index contributed by atoms with van der Waals surface area (Å²) in [5.74, 6) is 7.37. The van der Waals surface area contributed by atoms with Crippen molar-refractivity contribution in [3.8, 4) is 11.3 Å². The van der Waals surface area contributed by atoms with Gasteiger partial charge in [-0.15, -0.1) is 0 Å². The highest BCUT2D eigenvalue weighted by Crippen LogP contribution is 2.33. The van der Waals surface area contributed by atoms with Gasteiger partial charge in [0, 0.05) is 19.7 Å². The minimum atomic E-state index is -0.0858. The third-order valence-corrected chi connectivity index (χ3v) is 4.55. The predicted octanol–water partition coefficient (Wildman–Crippen LogP) is 1.95. The summed E-state index contributed by atoms with van der Waals surface area (Å²) in [6.07, 6.45) is 1.80. The van der Waals surface area contributed by atoms with Crippen LogP contribution in [-0.2, 0) is 0 Å². The Labute approximate surface area is 150 Å². The fraction of sp³-hybridized carbons (Fsp3) is 0.250. The van der Waals surface area contributed by atoms with Crippen LogP contribution in [0, 0.1) is 0 Å². The molecule has 0 aliphatic rings. The van der Waals surface area contributed by atoms with Gasteiger partial charge in [-0.1, -0.05) is 42.1 Å². The largest absolute Gasteiger partial charge is 0.368 e. The van der Waals surface area contributed by atoms with Crippen molar-refractivity contribution in [2.45, 2.75) is 17.3 Å². The molecule has 0 fully saturated rings. The quantitative estimate of drug-likeness (QED) is 0.527. The highest BCUT2D eigenvalue weighted by Gasteiger charge is 2.18. The molecule has 2 heterocycles. The molecule has 2 aromatic heterocycles. The van der Waals surface area contributed by atoms with Gasteiger partial charge in [-0.25, -0.2) is 9.66 Å². The number of anilines is 2. The Kier molecular flexibility index (Phi) is 4.75. The molecule has 0 aliphatic heterocycles. The van der Waals surface area contributed by atoms with Crippen LogP contribution in [0.15, 0.2) is 41.7 Å². The zero-order valence-corrected chi connectivity index (χ0v) is 15.1. The third-order valence-electron chi connectivity index (χ3n) is 3.47. The Morgan fingerprint density at radius 2 is 1.80 bits per heavy atom. The van der Waals surface area contributed by atoms with Crippen molar-refractivity contribution < 1.29 is 0 Å². The monoisotopic (exact) mass is 356 g/mol. The fourth-order valence-electron chi connectivity index (χ4n) is 2.20. The number of imidazole rings is 1.